The van der Waals surface area contributed by atoms with Crippen molar-refractivity contribution in [1.82, 2.24) is 5.48 Å². The molecule has 1 unspecified atom stereocenters. The zero-order chi connectivity index (χ0) is 18.0. The summed E-state index contributed by atoms with van der Waals surface area (Å²) in [5.74, 6) is 0.247. The molecule has 0 aromatic heterocycles. The molecule has 1 aliphatic rings. The molecule has 5 heteroatoms. The Balaban J connectivity index is 1.88. The number of hydroxylamine groups is 1. The summed E-state index contributed by atoms with van der Waals surface area (Å²) >= 11 is 6.27. The van der Waals surface area contributed by atoms with Crippen molar-refractivity contribution in [1.29, 1.82) is 0 Å². The third kappa shape index (κ3) is 3.70. The molecule has 0 bridgehead atoms. The fourth-order valence-electron chi connectivity index (χ4n) is 2.78. The minimum absolute atomic E-state index is 0.204. The molecule has 0 aliphatic carbocycles. The number of anilines is 1. The Hall–Kier alpha value is -2.30. The van der Waals surface area contributed by atoms with Gasteiger partial charge < -0.3 is 5.32 Å². The zero-order valence-corrected chi connectivity index (χ0v) is 15.2. The van der Waals surface area contributed by atoms with Crippen molar-refractivity contribution in [3.8, 4) is 0 Å². The second kappa shape index (κ2) is 7.30. The third-order valence-electron chi connectivity index (χ3n) is 4.24. The van der Waals surface area contributed by atoms with Gasteiger partial charge in [-0.2, -0.15) is 0 Å². The first kappa shape index (κ1) is 17.5. The maximum atomic E-state index is 12.8. The lowest BCUT2D eigenvalue weighted by Gasteiger charge is -2.11. The van der Waals surface area contributed by atoms with E-state index in [1.807, 2.05) is 49.4 Å². The zero-order valence-electron chi connectivity index (χ0n) is 14.5. The Kier molecular flexibility index (Phi) is 5.11. The van der Waals surface area contributed by atoms with Gasteiger partial charge in [-0.3, -0.25) is 15.1 Å². The molecule has 25 heavy (non-hydrogen) atoms. The number of hydrogen-bond donors (Lipinski definition) is 2. The van der Waals surface area contributed by atoms with E-state index in [0.29, 0.717) is 22.2 Å². The predicted molar refractivity (Wildman–Crippen MR) is 101 cm³/mol. The van der Waals surface area contributed by atoms with Crippen LogP contribution in [0.15, 0.2) is 54.1 Å². The second-order valence-electron chi connectivity index (χ2n) is 6.36. The molecule has 4 nitrogen and oxygen atoms in total. The summed E-state index contributed by atoms with van der Waals surface area (Å²) in [5, 5.41) is 3.50. The van der Waals surface area contributed by atoms with E-state index in [0.717, 1.165) is 11.3 Å². The largest absolute Gasteiger partial charge is 0.322 e. The summed E-state index contributed by atoms with van der Waals surface area (Å²) in [5.41, 5.74) is 6.70. The quantitative estimate of drug-likeness (QED) is 0.832. The summed E-state index contributed by atoms with van der Waals surface area (Å²) in [7, 11) is 0. The number of amides is 1. The predicted octanol–water partition coefficient (Wildman–Crippen LogP) is 4.74. The maximum absolute atomic E-state index is 12.8. The van der Waals surface area contributed by atoms with Crippen molar-refractivity contribution in [2.45, 2.75) is 32.8 Å². The molecule has 1 aliphatic heterocycles. The van der Waals surface area contributed by atoms with Crippen LogP contribution in [-0.4, -0.2) is 12.0 Å². The fourth-order valence-corrected chi connectivity index (χ4v) is 3.01. The first-order chi connectivity index (χ1) is 12.0. The van der Waals surface area contributed by atoms with E-state index in [1.165, 1.54) is 5.56 Å². The molecule has 0 fully saturated rings. The number of carbonyl (C=O) groups excluding carboxylic acids is 1. The van der Waals surface area contributed by atoms with Gasteiger partial charge in [0, 0.05) is 16.3 Å². The average molecular weight is 357 g/mol. The number of nitrogens with one attached hydrogen (secondary N) is 2. The van der Waals surface area contributed by atoms with E-state index >= 15 is 0 Å². The van der Waals surface area contributed by atoms with E-state index < -0.39 is 0 Å². The first-order valence-electron chi connectivity index (χ1n) is 8.29. The number of carbonyl (C=O) groups is 1. The first-order valence-corrected chi connectivity index (χ1v) is 8.67. The summed E-state index contributed by atoms with van der Waals surface area (Å²) in [6, 6.07) is 15.2. The molecule has 0 saturated heterocycles. The molecule has 0 saturated carbocycles. The molecule has 1 amide bonds. The summed E-state index contributed by atoms with van der Waals surface area (Å²) in [6.45, 7) is 6.10. The summed E-state index contributed by atoms with van der Waals surface area (Å²) < 4.78 is 0. The molecule has 0 radical (unpaired) electrons. The molecule has 1 heterocycles. The lowest BCUT2D eigenvalue weighted by atomic mass is 10.0. The van der Waals surface area contributed by atoms with Gasteiger partial charge in [0.05, 0.1) is 11.3 Å². The lowest BCUT2D eigenvalue weighted by Crippen LogP contribution is -2.21. The maximum Gasteiger partial charge on any atom is 0.256 e. The average Bonchev–Trinajstić information content (AvgIpc) is 2.97. The monoisotopic (exact) mass is 356 g/mol. The van der Waals surface area contributed by atoms with Gasteiger partial charge in [0.1, 0.15) is 6.10 Å². The van der Waals surface area contributed by atoms with Gasteiger partial charge in [-0.15, -0.1) is 0 Å². The molecule has 2 aromatic rings. The molecular formula is C20H21ClN2O2. The van der Waals surface area contributed by atoms with E-state index in [-0.39, 0.29) is 12.0 Å². The van der Waals surface area contributed by atoms with Gasteiger partial charge in [-0.1, -0.05) is 55.8 Å². The highest BCUT2D eigenvalue weighted by Gasteiger charge is 2.30. The van der Waals surface area contributed by atoms with Gasteiger partial charge >= 0.3 is 0 Å². The standard InChI is InChI=1S/C20H21ClN2O2/c1-12(2)14-8-10-15(11-9-14)22-20(24)18-13(3)25-23-19(18)16-6-4-5-7-17(16)21/h4-13,23H,1-3H3,(H,22,24). The van der Waals surface area contributed by atoms with Gasteiger partial charge in [-0.25, -0.2) is 0 Å². The lowest BCUT2D eigenvalue weighted by molar-refractivity contribution is -0.113. The molecule has 2 N–H and O–H groups in total. The highest BCUT2D eigenvalue weighted by atomic mass is 35.5. The van der Waals surface area contributed by atoms with E-state index in [4.69, 9.17) is 16.4 Å². The smallest absolute Gasteiger partial charge is 0.256 e. The van der Waals surface area contributed by atoms with Crippen molar-refractivity contribution < 1.29 is 9.63 Å². The van der Waals surface area contributed by atoms with Crippen molar-refractivity contribution in [2.24, 2.45) is 0 Å². The van der Waals surface area contributed by atoms with Crippen molar-refractivity contribution in [3.05, 3.63) is 70.3 Å². The highest BCUT2D eigenvalue weighted by Crippen LogP contribution is 2.31. The van der Waals surface area contributed by atoms with Gasteiger partial charge in [0.15, 0.2) is 0 Å². The molecular weight excluding hydrogens is 336 g/mol. The molecule has 3 rings (SSSR count). The minimum atomic E-state index is -0.374. The van der Waals surface area contributed by atoms with Gasteiger partial charge in [0.25, 0.3) is 5.91 Å². The van der Waals surface area contributed by atoms with Crippen LogP contribution in [0.4, 0.5) is 5.69 Å². The Bertz CT molecular complexity index is 813. The van der Waals surface area contributed by atoms with Gasteiger partial charge in [0.2, 0.25) is 0 Å². The fraction of sp³-hybridized carbons (Fsp3) is 0.250. The Morgan fingerprint density at radius 3 is 2.48 bits per heavy atom. The molecule has 2 aromatic carbocycles. The van der Waals surface area contributed by atoms with Crippen molar-refractivity contribution >= 4 is 28.9 Å². The second-order valence-corrected chi connectivity index (χ2v) is 6.77. The molecule has 0 spiro atoms. The van der Waals surface area contributed by atoms with Crippen molar-refractivity contribution in [2.75, 3.05) is 5.32 Å². The van der Waals surface area contributed by atoms with Crippen LogP contribution in [0.3, 0.4) is 0 Å². The van der Waals surface area contributed by atoms with E-state index in [9.17, 15) is 4.79 Å². The minimum Gasteiger partial charge on any atom is -0.322 e. The normalized spacial score (nSPS) is 16.9. The van der Waals surface area contributed by atoms with Crippen LogP contribution in [0.5, 0.6) is 0 Å². The van der Waals surface area contributed by atoms with E-state index in [2.05, 4.69) is 24.6 Å². The number of hydrogen-bond acceptors (Lipinski definition) is 3. The van der Waals surface area contributed by atoms with Crippen molar-refractivity contribution in [3.63, 3.8) is 0 Å². The van der Waals surface area contributed by atoms with Crippen LogP contribution in [0.1, 0.15) is 37.8 Å². The number of rotatable bonds is 4. The van der Waals surface area contributed by atoms with Crippen LogP contribution >= 0.6 is 11.6 Å². The highest BCUT2D eigenvalue weighted by molar-refractivity contribution is 6.32. The van der Waals surface area contributed by atoms with Crippen LogP contribution in [0.25, 0.3) is 5.70 Å². The van der Waals surface area contributed by atoms with Crippen LogP contribution in [-0.2, 0) is 9.63 Å². The number of halogens is 1. The number of benzene rings is 2. The van der Waals surface area contributed by atoms with E-state index in [1.54, 1.807) is 6.07 Å². The Labute approximate surface area is 152 Å². The van der Waals surface area contributed by atoms with Crippen LogP contribution < -0.4 is 10.8 Å². The van der Waals surface area contributed by atoms with Gasteiger partial charge in [-0.05, 0) is 36.6 Å². The topological polar surface area (TPSA) is 50.4 Å². The Morgan fingerprint density at radius 2 is 1.84 bits per heavy atom. The SMILES string of the molecule is CC1ONC(c2ccccc2Cl)=C1C(=O)Nc1ccc(C(C)C)cc1. The third-order valence-corrected chi connectivity index (χ3v) is 4.57. The summed E-state index contributed by atoms with van der Waals surface area (Å²) in [4.78, 5) is 18.3. The van der Waals surface area contributed by atoms with Crippen LogP contribution in [0.2, 0.25) is 5.02 Å². The summed E-state index contributed by atoms with van der Waals surface area (Å²) in [6.07, 6.45) is -0.374. The Morgan fingerprint density at radius 1 is 1.16 bits per heavy atom. The molecule has 1 atom stereocenters. The van der Waals surface area contributed by atoms with Crippen LogP contribution in [0, 0.1) is 0 Å². The molecule has 130 valence electrons.